The Kier molecular flexibility index (Phi) is 9.85. The van der Waals surface area contributed by atoms with Crippen molar-refractivity contribution >= 4 is 12.0 Å². The maximum Gasteiger partial charge on any atom is 0.330 e. The molecule has 0 spiro atoms. The molecule has 1 rings (SSSR count). The molecular formula is C20H30O3. The van der Waals surface area contributed by atoms with Gasteiger partial charge in [0, 0.05) is 6.08 Å². The van der Waals surface area contributed by atoms with Crippen LogP contribution in [0.4, 0.5) is 0 Å². The summed E-state index contributed by atoms with van der Waals surface area (Å²) in [5.74, 6) is 1.02. The summed E-state index contributed by atoms with van der Waals surface area (Å²) in [5, 5.41) is 0. The molecule has 1 atom stereocenters. The van der Waals surface area contributed by atoms with Crippen LogP contribution in [-0.4, -0.2) is 19.2 Å². The highest BCUT2D eigenvalue weighted by atomic mass is 16.5. The van der Waals surface area contributed by atoms with Gasteiger partial charge in [-0.05, 0) is 42.5 Å². The van der Waals surface area contributed by atoms with E-state index in [2.05, 4.69) is 20.8 Å². The summed E-state index contributed by atoms with van der Waals surface area (Å²) in [5.41, 5.74) is 0.938. The van der Waals surface area contributed by atoms with Crippen molar-refractivity contribution in [2.24, 2.45) is 5.92 Å². The third kappa shape index (κ3) is 8.44. The molecule has 3 heteroatoms. The van der Waals surface area contributed by atoms with Crippen molar-refractivity contribution in [1.82, 2.24) is 0 Å². The maximum absolute atomic E-state index is 11.8. The first kappa shape index (κ1) is 19.3. The van der Waals surface area contributed by atoms with Crippen LogP contribution in [0.25, 0.3) is 6.08 Å². The van der Waals surface area contributed by atoms with Gasteiger partial charge in [-0.3, -0.25) is 0 Å². The molecule has 0 aromatic heterocycles. The molecule has 0 aliphatic heterocycles. The standard InChI is InChI=1S/C20H30O3/c1-4-7-9-17(6-3)16-23-20(21)13-12-18-10-8-11-19(15-18)22-14-5-2/h8,10-13,15,17H,4-7,9,14,16H2,1-3H3. The van der Waals surface area contributed by atoms with E-state index in [-0.39, 0.29) is 5.97 Å². The molecule has 0 amide bonds. The number of esters is 1. The van der Waals surface area contributed by atoms with E-state index in [1.54, 1.807) is 6.08 Å². The van der Waals surface area contributed by atoms with E-state index < -0.39 is 0 Å². The van der Waals surface area contributed by atoms with Gasteiger partial charge in [-0.15, -0.1) is 0 Å². The third-order valence-electron chi connectivity index (χ3n) is 3.75. The summed E-state index contributed by atoms with van der Waals surface area (Å²) in [7, 11) is 0. The van der Waals surface area contributed by atoms with Crippen LogP contribution < -0.4 is 4.74 Å². The van der Waals surface area contributed by atoms with Crippen molar-refractivity contribution in [2.75, 3.05) is 13.2 Å². The van der Waals surface area contributed by atoms with Crippen molar-refractivity contribution < 1.29 is 14.3 Å². The number of hydrogen-bond acceptors (Lipinski definition) is 3. The molecule has 128 valence electrons. The van der Waals surface area contributed by atoms with Gasteiger partial charge in [0.25, 0.3) is 0 Å². The van der Waals surface area contributed by atoms with Crippen LogP contribution in [-0.2, 0) is 9.53 Å². The van der Waals surface area contributed by atoms with Crippen LogP contribution in [0.3, 0.4) is 0 Å². The molecule has 3 nitrogen and oxygen atoms in total. The predicted molar refractivity (Wildman–Crippen MR) is 95.5 cm³/mol. The van der Waals surface area contributed by atoms with E-state index in [9.17, 15) is 4.79 Å². The minimum absolute atomic E-state index is 0.278. The van der Waals surface area contributed by atoms with Crippen molar-refractivity contribution in [2.45, 2.75) is 52.9 Å². The van der Waals surface area contributed by atoms with Crippen LogP contribution in [0.2, 0.25) is 0 Å². The monoisotopic (exact) mass is 318 g/mol. The summed E-state index contributed by atoms with van der Waals surface area (Å²) in [6, 6.07) is 7.72. The topological polar surface area (TPSA) is 35.5 Å². The van der Waals surface area contributed by atoms with Gasteiger partial charge in [-0.1, -0.05) is 52.2 Å². The second kappa shape index (κ2) is 11.8. The number of hydrogen-bond donors (Lipinski definition) is 0. The molecule has 0 bridgehead atoms. The number of rotatable bonds is 11. The number of carbonyl (C=O) groups is 1. The molecule has 1 aromatic carbocycles. The summed E-state index contributed by atoms with van der Waals surface area (Å²) >= 11 is 0. The summed E-state index contributed by atoms with van der Waals surface area (Å²) < 4.78 is 10.9. The van der Waals surface area contributed by atoms with Crippen LogP contribution in [0, 0.1) is 5.92 Å². The normalized spacial score (nSPS) is 12.3. The molecule has 1 unspecified atom stereocenters. The Balaban J connectivity index is 2.45. The zero-order valence-electron chi connectivity index (χ0n) is 14.7. The summed E-state index contributed by atoms with van der Waals surface area (Å²) in [6.07, 6.45) is 8.79. The van der Waals surface area contributed by atoms with Gasteiger partial charge in [0.05, 0.1) is 13.2 Å². The smallest absolute Gasteiger partial charge is 0.330 e. The van der Waals surface area contributed by atoms with E-state index in [1.165, 1.54) is 18.9 Å². The van der Waals surface area contributed by atoms with Gasteiger partial charge in [-0.25, -0.2) is 4.79 Å². The lowest BCUT2D eigenvalue weighted by atomic mass is 10.0. The first-order valence-electron chi connectivity index (χ1n) is 8.77. The second-order valence-corrected chi connectivity index (χ2v) is 5.80. The lowest BCUT2D eigenvalue weighted by Gasteiger charge is -2.13. The lowest BCUT2D eigenvalue weighted by molar-refractivity contribution is -0.139. The molecule has 0 N–H and O–H groups in total. The second-order valence-electron chi connectivity index (χ2n) is 5.80. The Morgan fingerprint density at radius 1 is 1.22 bits per heavy atom. The Morgan fingerprint density at radius 3 is 2.74 bits per heavy atom. The van der Waals surface area contributed by atoms with E-state index in [1.807, 2.05) is 24.3 Å². The Labute approximate surface area is 140 Å². The maximum atomic E-state index is 11.8. The van der Waals surface area contributed by atoms with E-state index in [0.29, 0.717) is 19.1 Å². The molecule has 0 saturated carbocycles. The quantitative estimate of drug-likeness (QED) is 0.413. The molecule has 1 aromatic rings. The Hall–Kier alpha value is -1.77. The minimum Gasteiger partial charge on any atom is -0.494 e. The fraction of sp³-hybridized carbons (Fsp3) is 0.550. The average Bonchev–Trinajstić information content (AvgIpc) is 2.58. The molecule has 23 heavy (non-hydrogen) atoms. The van der Waals surface area contributed by atoms with Crippen LogP contribution in [0.5, 0.6) is 5.75 Å². The highest BCUT2D eigenvalue weighted by molar-refractivity contribution is 5.87. The molecule has 0 fully saturated rings. The van der Waals surface area contributed by atoms with Crippen molar-refractivity contribution in [3.05, 3.63) is 35.9 Å². The van der Waals surface area contributed by atoms with E-state index in [4.69, 9.17) is 9.47 Å². The molecule has 0 saturated heterocycles. The molecule has 0 radical (unpaired) electrons. The highest BCUT2D eigenvalue weighted by Crippen LogP contribution is 2.15. The molecule has 0 aliphatic carbocycles. The van der Waals surface area contributed by atoms with Gasteiger partial charge < -0.3 is 9.47 Å². The van der Waals surface area contributed by atoms with Crippen LogP contribution in [0.1, 0.15) is 58.4 Å². The summed E-state index contributed by atoms with van der Waals surface area (Å²) in [4.78, 5) is 11.8. The largest absolute Gasteiger partial charge is 0.494 e. The van der Waals surface area contributed by atoms with Crippen molar-refractivity contribution in [3.8, 4) is 5.75 Å². The zero-order chi connectivity index (χ0) is 16.9. The van der Waals surface area contributed by atoms with E-state index in [0.717, 1.165) is 30.6 Å². The van der Waals surface area contributed by atoms with Gasteiger partial charge in [-0.2, -0.15) is 0 Å². The minimum atomic E-state index is -0.278. The SMILES string of the molecule is CCCCC(CC)COC(=O)C=Cc1cccc(OCCC)c1. The first-order chi connectivity index (χ1) is 11.2. The number of unbranched alkanes of at least 4 members (excludes halogenated alkanes) is 1. The fourth-order valence-corrected chi connectivity index (χ4v) is 2.24. The molecule has 0 heterocycles. The lowest BCUT2D eigenvalue weighted by Crippen LogP contribution is -2.12. The predicted octanol–water partition coefficient (Wildman–Crippen LogP) is 5.25. The van der Waals surface area contributed by atoms with Crippen molar-refractivity contribution in [3.63, 3.8) is 0 Å². The Morgan fingerprint density at radius 2 is 2.04 bits per heavy atom. The van der Waals surface area contributed by atoms with Gasteiger partial charge in [0.15, 0.2) is 0 Å². The summed E-state index contributed by atoms with van der Waals surface area (Å²) in [6.45, 7) is 7.61. The van der Waals surface area contributed by atoms with Crippen LogP contribution >= 0.6 is 0 Å². The highest BCUT2D eigenvalue weighted by Gasteiger charge is 2.08. The number of benzene rings is 1. The average molecular weight is 318 g/mol. The van der Waals surface area contributed by atoms with E-state index >= 15 is 0 Å². The molecular weight excluding hydrogens is 288 g/mol. The zero-order valence-corrected chi connectivity index (χ0v) is 14.7. The first-order valence-corrected chi connectivity index (χ1v) is 8.77. The van der Waals surface area contributed by atoms with Gasteiger partial charge >= 0.3 is 5.97 Å². The Bertz CT molecular complexity index is 480. The van der Waals surface area contributed by atoms with Crippen molar-refractivity contribution in [1.29, 1.82) is 0 Å². The number of carbonyl (C=O) groups excluding carboxylic acids is 1. The third-order valence-corrected chi connectivity index (χ3v) is 3.75. The fourth-order valence-electron chi connectivity index (χ4n) is 2.24. The van der Waals surface area contributed by atoms with Crippen LogP contribution in [0.15, 0.2) is 30.3 Å². The number of ether oxygens (including phenoxy) is 2. The molecule has 0 aliphatic rings. The van der Waals surface area contributed by atoms with Gasteiger partial charge in [0.1, 0.15) is 5.75 Å². The van der Waals surface area contributed by atoms with Gasteiger partial charge in [0.2, 0.25) is 0 Å².